The fraction of sp³-hybridized carbons (Fsp3) is 0.263. The van der Waals surface area contributed by atoms with Gasteiger partial charge in [0.1, 0.15) is 0 Å². The van der Waals surface area contributed by atoms with Crippen molar-refractivity contribution in [1.82, 2.24) is 19.5 Å². The Morgan fingerprint density at radius 3 is 2.69 bits per heavy atom. The summed E-state index contributed by atoms with van der Waals surface area (Å²) in [6.07, 6.45) is 1.56. The van der Waals surface area contributed by atoms with Gasteiger partial charge in [0.2, 0.25) is 16.7 Å². The SMILES string of the molecule is Oc1c([C@@H](c2ccc(Cl)cc2Cl)N2CCOCC2)sc2nc(-c3ccco3)nn12. The van der Waals surface area contributed by atoms with Crippen LogP contribution in [0, 0.1) is 0 Å². The van der Waals surface area contributed by atoms with Crippen LogP contribution >= 0.6 is 34.5 Å². The number of furan rings is 1. The number of hydrogen-bond acceptors (Lipinski definition) is 7. The molecule has 0 bridgehead atoms. The van der Waals surface area contributed by atoms with Crippen LogP contribution in [0.3, 0.4) is 0 Å². The van der Waals surface area contributed by atoms with Gasteiger partial charge in [0.25, 0.3) is 0 Å². The number of benzene rings is 1. The van der Waals surface area contributed by atoms with Gasteiger partial charge in [-0.05, 0) is 29.8 Å². The molecule has 1 saturated heterocycles. The zero-order valence-electron chi connectivity index (χ0n) is 15.1. The van der Waals surface area contributed by atoms with Crippen LogP contribution in [0.1, 0.15) is 16.5 Å². The predicted molar refractivity (Wildman–Crippen MR) is 111 cm³/mol. The molecule has 29 heavy (non-hydrogen) atoms. The first-order valence-electron chi connectivity index (χ1n) is 9.01. The van der Waals surface area contributed by atoms with Gasteiger partial charge in [-0.2, -0.15) is 9.50 Å². The van der Waals surface area contributed by atoms with Gasteiger partial charge in [0, 0.05) is 23.1 Å². The van der Waals surface area contributed by atoms with E-state index in [9.17, 15) is 5.11 Å². The molecular formula is C19H16Cl2N4O3S. The number of halogens is 2. The molecule has 0 amide bonds. The maximum atomic E-state index is 11.0. The van der Waals surface area contributed by atoms with Crippen molar-refractivity contribution in [2.24, 2.45) is 0 Å². The maximum absolute atomic E-state index is 11.0. The van der Waals surface area contributed by atoms with Crippen LogP contribution in [-0.2, 0) is 4.74 Å². The Bertz CT molecular complexity index is 1150. The number of thiazole rings is 1. The first kappa shape index (κ1) is 18.9. The molecule has 0 radical (unpaired) electrons. The van der Waals surface area contributed by atoms with E-state index in [1.54, 1.807) is 30.5 Å². The fourth-order valence-corrected chi connectivity index (χ4v) is 5.12. The lowest BCUT2D eigenvalue weighted by atomic mass is 10.0. The van der Waals surface area contributed by atoms with Gasteiger partial charge in [0.15, 0.2) is 5.76 Å². The van der Waals surface area contributed by atoms with Crippen molar-refractivity contribution >= 4 is 39.5 Å². The number of nitrogens with zero attached hydrogens (tertiary/aromatic N) is 4. The zero-order valence-corrected chi connectivity index (χ0v) is 17.4. The molecule has 5 rings (SSSR count). The standard InChI is InChI=1S/C19H16Cl2N4O3S/c20-11-3-4-12(13(21)10-11)15(24-5-8-27-9-6-24)16-18(26)25-19(29-16)22-17(23-25)14-2-1-7-28-14/h1-4,7,10,15,26H,5-6,8-9H2/t15-/m1/s1. The summed E-state index contributed by atoms with van der Waals surface area (Å²) < 4.78 is 12.3. The van der Waals surface area contributed by atoms with E-state index in [1.165, 1.54) is 15.9 Å². The number of ether oxygens (including phenoxy) is 1. The summed E-state index contributed by atoms with van der Waals surface area (Å²) in [6, 6.07) is 8.71. The molecule has 4 heterocycles. The lowest BCUT2D eigenvalue weighted by Crippen LogP contribution is -2.39. The molecule has 4 aromatic rings. The van der Waals surface area contributed by atoms with Gasteiger partial charge in [0.05, 0.1) is 30.4 Å². The second-order valence-corrected chi connectivity index (χ2v) is 8.47. The van der Waals surface area contributed by atoms with Crippen molar-refractivity contribution < 1.29 is 14.3 Å². The number of hydrogen-bond donors (Lipinski definition) is 1. The van der Waals surface area contributed by atoms with Crippen molar-refractivity contribution in [3.05, 3.63) is 57.1 Å². The van der Waals surface area contributed by atoms with Crippen LogP contribution in [0.25, 0.3) is 16.5 Å². The number of rotatable bonds is 4. The molecule has 3 aromatic heterocycles. The molecule has 1 atom stereocenters. The largest absolute Gasteiger partial charge is 0.492 e. The lowest BCUT2D eigenvalue weighted by Gasteiger charge is -2.34. The third-order valence-electron chi connectivity index (χ3n) is 4.86. The van der Waals surface area contributed by atoms with Gasteiger partial charge >= 0.3 is 0 Å². The van der Waals surface area contributed by atoms with Crippen LogP contribution in [0.5, 0.6) is 5.88 Å². The van der Waals surface area contributed by atoms with Crippen molar-refractivity contribution in [3.8, 4) is 17.5 Å². The van der Waals surface area contributed by atoms with Crippen LogP contribution in [-0.4, -0.2) is 50.9 Å². The van der Waals surface area contributed by atoms with E-state index in [4.69, 9.17) is 32.4 Å². The third-order valence-corrected chi connectivity index (χ3v) is 6.49. The number of morpholine rings is 1. The summed E-state index contributed by atoms with van der Waals surface area (Å²) in [5.41, 5.74) is 0.865. The number of fused-ring (bicyclic) bond motifs is 1. The molecule has 1 fully saturated rings. The van der Waals surface area contributed by atoms with Gasteiger partial charge < -0.3 is 14.3 Å². The molecule has 1 aliphatic rings. The van der Waals surface area contributed by atoms with Crippen LogP contribution in [0.4, 0.5) is 0 Å². The van der Waals surface area contributed by atoms with Gasteiger partial charge in [-0.1, -0.05) is 40.6 Å². The molecule has 0 aliphatic carbocycles. The molecule has 1 N–H and O–H groups in total. The smallest absolute Gasteiger partial charge is 0.230 e. The minimum atomic E-state index is -0.260. The van der Waals surface area contributed by atoms with Gasteiger partial charge in [-0.15, -0.1) is 5.10 Å². The summed E-state index contributed by atoms with van der Waals surface area (Å²) in [6.45, 7) is 2.67. The average molecular weight is 451 g/mol. The van der Waals surface area contributed by atoms with E-state index in [1.807, 2.05) is 6.07 Å². The molecule has 0 unspecified atom stereocenters. The molecule has 0 saturated carbocycles. The number of aromatic hydroxyl groups is 1. The van der Waals surface area contributed by atoms with Crippen LogP contribution in [0.2, 0.25) is 10.0 Å². The Morgan fingerprint density at radius 2 is 2.00 bits per heavy atom. The highest BCUT2D eigenvalue weighted by atomic mass is 35.5. The average Bonchev–Trinajstić information content (AvgIpc) is 3.43. The minimum Gasteiger partial charge on any atom is -0.492 e. The highest BCUT2D eigenvalue weighted by Gasteiger charge is 2.32. The highest BCUT2D eigenvalue weighted by Crippen LogP contribution is 2.43. The first-order valence-corrected chi connectivity index (χ1v) is 10.6. The fourth-order valence-electron chi connectivity index (χ4n) is 3.50. The minimum absolute atomic E-state index is 0.0396. The Labute approximate surface area is 180 Å². The first-order chi connectivity index (χ1) is 14.1. The Hall–Kier alpha value is -2.10. The van der Waals surface area contributed by atoms with Crippen LogP contribution < -0.4 is 0 Å². The molecule has 1 aliphatic heterocycles. The second kappa shape index (κ2) is 7.62. The molecule has 1 aromatic carbocycles. The lowest BCUT2D eigenvalue weighted by molar-refractivity contribution is 0.0241. The Balaban J connectivity index is 1.62. The van der Waals surface area contributed by atoms with Crippen LogP contribution in [0.15, 0.2) is 41.0 Å². The predicted octanol–water partition coefficient (Wildman–Crippen LogP) is 4.48. The van der Waals surface area contributed by atoms with E-state index in [0.29, 0.717) is 52.9 Å². The summed E-state index contributed by atoms with van der Waals surface area (Å²) in [5, 5.41) is 16.5. The van der Waals surface area contributed by atoms with Crippen molar-refractivity contribution in [1.29, 1.82) is 0 Å². The summed E-state index contributed by atoms with van der Waals surface area (Å²) in [5.74, 6) is 1.01. The van der Waals surface area contributed by atoms with Crippen molar-refractivity contribution in [3.63, 3.8) is 0 Å². The summed E-state index contributed by atoms with van der Waals surface area (Å²) in [7, 11) is 0. The van der Waals surface area contributed by atoms with E-state index >= 15 is 0 Å². The molecule has 0 spiro atoms. The zero-order chi connectivity index (χ0) is 20.0. The number of aromatic nitrogens is 3. The molecular weight excluding hydrogens is 435 g/mol. The van der Waals surface area contributed by atoms with Gasteiger partial charge in [-0.25, -0.2) is 0 Å². The topological polar surface area (TPSA) is 76.0 Å². The normalized spacial score (nSPS) is 16.5. The quantitative estimate of drug-likeness (QED) is 0.493. The Morgan fingerprint density at radius 1 is 1.17 bits per heavy atom. The second-order valence-electron chi connectivity index (χ2n) is 6.61. The summed E-state index contributed by atoms with van der Waals surface area (Å²) in [4.78, 5) is 8.04. The molecule has 7 nitrogen and oxygen atoms in total. The molecule has 10 heteroatoms. The molecule has 150 valence electrons. The summed E-state index contributed by atoms with van der Waals surface area (Å²) >= 11 is 14.0. The highest BCUT2D eigenvalue weighted by molar-refractivity contribution is 7.17. The van der Waals surface area contributed by atoms with E-state index in [0.717, 1.165) is 10.4 Å². The van der Waals surface area contributed by atoms with Crippen molar-refractivity contribution in [2.75, 3.05) is 26.3 Å². The third kappa shape index (κ3) is 3.41. The van der Waals surface area contributed by atoms with E-state index in [2.05, 4.69) is 15.0 Å². The monoisotopic (exact) mass is 450 g/mol. The Kier molecular flexibility index (Phi) is 4.97. The van der Waals surface area contributed by atoms with Crippen molar-refractivity contribution in [2.45, 2.75) is 6.04 Å². The van der Waals surface area contributed by atoms with E-state index in [-0.39, 0.29) is 11.9 Å². The van der Waals surface area contributed by atoms with Gasteiger partial charge in [-0.3, -0.25) is 4.90 Å². The maximum Gasteiger partial charge on any atom is 0.230 e. The van der Waals surface area contributed by atoms with E-state index < -0.39 is 0 Å².